The van der Waals surface area contributed by atoms with Crippen LogP contribution in [0, 0.1) is 5.95 Å². The lowest BCUT2D eigenvalue weighted by Gasteiger charge is -1.92. The molecule has 0 atom stereocenters. The Kier molecular flexibility index (Phi) is 3.03. The van der Waals surface area contributed by atoms with Gasteiger partial charge in [0.1, 0.15) is 5.56 Å². The molecule has 0 unspecified atom stereocenters. The van der Waals surface area contributed by atoms with Crippen LogP contribution in [0.1, 0.15) is 29.4 Å². The molecule has 1 heterocycles. The van der Waals surface area contributed by atoms with E-state index in [1.54, 1.807) is 0 Å². The van der Waals surface area contributed by atoms with E-state index < -0.39 is 11.2 Å². The summed E-state index contributed by atoms with van der Waals surface area (Å²) in [7, 11) is 1.44. The first-order valence-corrected chi connectivity index (χ1v) is 4.37. The van der Waals surface area contributed by atoms with Crippen LogP contribution in [-0.2, 0) is 13.5 Å². The van der Waals surface area contributed by atoms with Gasteiger partial charge in [-0.15, -0.1) is 0 Å². The van der Waals surface area contributed by atoms with Crippen LogP contribution in [0.4, 0.5) is 4.39 Å². The molecule has 3 nitrogen and oxygen atoms in total. The van der Waals surface area contributed by atoms with Crippen molar-refractivity contribution in [2.75, 3.05) is 0 Å². The number of carbonyl (C=O) groups is 1. The van der Waals surface area contributed by atoms with Crippen molar-refractivity contribution in [3.8, 4) is 0 Å². The Hall–Kier alpha value is -0.900. The highest BCUT2D eigenvalue weighted by molar-refractivity contribution is 6.67. The van der Waals surface area contributed by atoms with E-state index in [4.69, 9.17) is 11.6 Å². The molecule has 0 fully saturated rings. The van der Waals surface area contributed by atoms with Crippen molar-refractivity contribution in [1.82, 2.24) is 9.78 Å². The molecule has 0 saturated heterocycles. The Labute approximate surface area is 80.5 Å². The molecule has 0 aliphatic heterocycles. The molecule has 0 aliphatic rings. The van der Waals surface area contributed by atoms with Crippen molar-refractivity contribution in [3.63, 3.8) is 0 Å². The molecule has 5 heteroatoms. The highest BCUT2D eigenvalue weighted by Crippen LogP contribution is 2.16. The fraction of sp³-hybridized carbons (Fsp3) is 0.500. The van der Waals surface area contributed by atoms with Crippen molar-refractivity contribution in [2.45, 2.75) is 19.8 Å². The smallest absolute Gasteiger partial charge is 0.258 e. The van der Waals surface area contributed by atoms with Crippen molar-refractivity contribution in [2.24, 2.45) is 7.05 Å². The molecule has 0 aliphatic carbocycles. The SMILES string of the molecule is CCCc1nn(C)c(F)c1C(=O)Cl. The second-order valence-electron chi connectivity index (χ2n) is 2.76. The summed E-state index contributed by atoms with van der Waals surface area (Å²) in [5, 5.41) is 3.07. The van der Waals surface area contributed by atoms with E-state index in [0.29, 0.717) is 12.1 Å². The van der Waals surface area contributed by atoms with E-state index in [1.807, 2.05) is 6.92 Å². The summed E-state index contributed by atoms with van der Waals surface area (Å²) in [5.41, 5.74) is 0.341. The number of carbonyl (C=O) groups excluding carboxylic acids is 1. The summed E-state index contributed by atoms with van der Waals surface area (Å²) in [4.78, 5) is 10.8. The monoisotopic (exact) mass is 204 g/mol. The maximum Gasteiger partial charge on any atom is 0.258 e. The molecular weight excluding hydrogens is 195 g/mol. The van der Waals surface area contributed by atoms with Crippen LogP contribution < -0.4 is 0 Å². The molecule has 0 aromatic carbocycles. The van der Waals surface area contributed by atoms with E-state index in [0.717, 1.165) is 11.1 Å². The third-order valence-electron chi connectivity index (χ3n) is 1.73. The molecule has 0 N–H and O–H groups in total. The first-order valence-electron chi connectivity index (χ1n) is 3.99. The van der Waals surface area contributed by atoms with Crippen molar-refractivity contribution < 1.29 is 9.18 Å². The van der Waals surface area contributed by atoms with Gasteiger partial charge >= 0.3 is 0 Å². The Morgan fingerprint density at radius 1 is 1.69 bits per heavy atom. The number of halogens is 2. The minimum Gasteiger partial charge on any atom is -0.275 e. The molecule has 0 amide bonds. The van der Waals surface area contributed by atoms with Crippen molar-refractivity contribution >= 4 is 16.8 Å². The molecule has 0 bridgehead atoms. The normalized spacial score (nSPS) is 10.5. The van der Waals surface area contributed by atoms with Crippen LogP contribution in [-0.4, -0.2) is 15.0 Å². The minimum atomic E-state index is -0.783. The number of aromatic nitrogens is 2. The van der Waals surface area contributed by atoms with Crippen LogP contribution in [0.2, 0.25) is 0 Å². The van der Waals surface area contributed by atoms with Crippen LogP contribution in [0.15, 0.2) is 0 Å². The van der Waals surface area contributed by atoms with Crippen molar-refractivity contribution in [3.05, 3.63) is 17.2 Å². The number of aryl methyl sites for hydroxylation is 2. The van der Waals surface area contributed by atoms with Gasteiger partial charge in [0.2, 0.25) is 5.95 Å². The highest BCUT2D eigenvalue weighted by Gasteiger charge is 2.20. The van der Waals surface area contributed by atoms with Gasteiger partial charge in [-0.2, -0.15) is 9.49 Å². The topological polar surface area (TPSA) is 34.9 Å². The minimum absolute atomic E-state index is 0.0917. The maximum atomic E-state index is 13.2. The van der Waals surface area contributed by atoms with Gasteiger partial charge < -0.3 is 0 Å². The molecule has 0 radical (unpaired) electrons. The fourth-order valence-electron chi connectivity index (χ4n) is 1.16. The van der Waals surface area contributed by atoms with Crippen LogP contribution in [0.5, 0.6) is 0 Å². The molecule has 1 rings (SSSR count). The zero-order valence-electron chi connectivity index (χ0n) is 7.47. The number of nitrogens with zero attached hydrogens (tertiary/aromatic N) is 2. The van der Waals surface area contributed by atoms with Gasteiger partial charge in [-0.1, -0.05) is 13.3 Å². The van der Waals surface area contributed by atoms with E-state index in [2.05, 4.69) is 5.10 Å². The Morgan fingerprint density at radius 3 is 2.77 bits per heavy atom. The predicted molar refractivity (Wildman–Crippen MR) is 47.3 cm³/mol. The predicted octanol–water partition coefficient (Wildman–Crippen LogP) is 1.89. The first-order chi connectivity index (χ1) is 6.07. The van der Waals surface area contributed by atoms with Gasteiger partial charge in [-0.25, -0.2) is 4.68 Å². The quantitative estimate of drug-likeness (QED) is 0.705. The lowest BCUT2D eigenvalue weighted by atomic mass is 10.2. The summed E-state index contributed by atoms with van der Waals surface area (Å²) >= 11 is 5.23. The third-order valence-corrected chi connectivity index (χ3v) is 1.92. The molecule has 1 aromatic rings. The fourth-order valence-corrected chi connectivity index (χ4v) is 1.35. The van der Waals surface area contributed by atoms with E-state index in [9.17, 15) is 9.18 Å². The van der Waals surface area contributed by atoms with Gasteiger partial charge in [0, 0.05) is 7.05 Å². The lowest BCUT2D eigenvalue weighted by molar-refractivity contribution is 0.107. The number of rotatable bonds is 3. The number of hydrogen-bond donors (Lipinski definition) is 0. The summed E-state index contributed by atoms with van der Waals surface area (Å²) in [6.07, 6.45) is 1.36. The second kappa shape index (κ2) is 3.87. The Bertz CT molecular complexity index is 335. The first kappa shape index (κ1) is 10.2. The van der Waals surface area contributed by atoms with E-state index in [1.165, 1.54) is 7.05 Å². The summed E-state index contributed by atoms with van der Waals surface area (Å²) in [6.45, 7) is 1.93. The zero-order valence-corrected chi connectivity index (χ0v) is 8.23. The maximum absolute atomic E-state index is 13.2. The van der Waals surface area contributed by atoms with Crippen molar-refractivity contribution in [1.29, 1.82) is 0 Å². The molecule has 0 spiro atoms. The standard InChI is InChI=1S/C8H10ClFN2O/c1-3-4-5-6(7(9)13)8(10)12(2)11-5/h3-4H2,1-2H3. The molecular formula is C8H10ClFN2O. The van der Waals surface area contributed by atoms with E-state index in [-0.39, 0.29) is 5.56 Å². The lowest BCUT2D eigenvalue weighted by Crippen LogP contribution is -1.98. The Balaban J connectivity index is 3.18. The van der Waals surface area contributed by atoms with Crippen LogP contribution >= 0.6 is 11.6 Å². The van der Waals surface area contributed by atoms with Gasteiger partial charge in [-0.05, 0) is 18.0 Å². The average Bonchev–Trinajstić information content (AvgIpc) is 2.28. The summed E-state index contributed by atoms with van der Waals surface area (Å²) in [5.74, 6) is -0.663. The molecule has 72 valence electrons. The second-order valence-corrected chi connectivity index (χ2v) is 3.10. The molecule has 0 saturated carbocycles. The zero-order chi connectivity index (χ0) is 10.0. The summed E-state index contributed by atoms with van der Waals surface area (Å²) in [6, 6.07) is 0. The molecule has 1 aromatic heterocycles. The van der Waals surface area contributed by atoms with Gasteiger partial charge in [0.05, 0.1) is 5.69 Å². The third kappa shape index (κ3) is 1.88. The van der Waals surface area contributed by atoms with Gasteiger partial charge in [0.25, 0.3) is 5.24 Å². The van der Waals surface area contributed by atoms with Gasteiger partial charge in [0.15, 0.2) is 0 Å². The van der Waals surface area contributed by atoms with Gasteiger partial charge in [-0.3, -0.25) is 4.79 Å². The average molecular weight is 205 g/mol. The van der Waals surface area contributed by atoms with E-state index >= 15 is 0 Å². The largest absolute Gasteiger partial charge is 0.275 e. The highest BCUT2D eigenvalue weighted by atomic mass is 35.5. The number of hydrogen-bond acceptors (Lipinski definition) is 2. The van der Waals surface area contributed by atoms with Crippen LogP contribution in [0.3, 0.4) is 0 Å². The Morgan fingerprint density at radius 2 is 2.31 bits per heavy atom. The molecule has 13 heavy (non-hydrogen) atoms. The summed E-state index contributed by atoms with van der Waals surface area (Å²) < 4.78 is 14.2. The van der Waals surface area contributed by atoms with Crippen LogP contribution in [0.25, 0.3) is 0 Å².